The van der Waals surface area contributed by atoms with Gasteiger partial charge in [0.05, 0.1) is 0 Å². The van der Waals surface area contributed by atoms with Crippen molar-refractivity contribution in [2.45, 2.75) is 6.42 Å². The number of hydrogen-bond donors (Lipinski definition) is 1. The lowest BCUT2D eigenvalue weighted by molar-refractivity contribution is 0.505. The maximum Gasteiger partial charge on any atom is -0.00773 e. The number of nitrogens with zero attached hydrogens (tertiary/aromatic N) is 1. The van der Waals surface area contributed by atoms with Crippen LogP contribution in [0, 0.1) is 6.92 Å². The van der Waals surface area contributed by atoms with E-state index < -0.39 is 0 Å². The first-order valence-electron chi connectivity index (χ1n) is 2.75. The van der Waals surface area contributed by atoms with Gasteiger partial charge < -0.3 is 10.6 Å². The van der Waals surface area contributed by atoms with Crippen LogP contribution in [0.3, 0.4) is 0 Å². The van der Waals surface area contributed by atoms with Crippen LogP contribution in [0.5, 0.6) is 0 Å². The lowest BCUT2D eigenvalue weighted by Crippen LogP contribution is -1.99. The number of nitrogens with two attached hydrogens (primary N) is 1. The summed E-state index contributed by atoms with van der Waals surface area (Å²) in [6, 6.07) is 0. The van der Waals surface area contributed by atoms with Crippen molar-refractivity contribution in [2.75, 3.05) is 27.7 Å². The molecule has 2 N–H and O–H groups in total. The smallest absolute Gasteiger partial charge is 0.00773 e. The summed E-state index contributed by atoms with van der Waals surface area (Å²) in [6.07, 6.45) is 0.847. The second kappa shape index (κ2) is 10.0. The Hall–Kier alpha value is -0.0800. The molecule has 0 atom stereocenters. The molecule has 0 aliphatic heterocycles. The molecule has 0 unspecified atom stereocenters. The fourth-order valence-electron chi connectivity index (χ4n) is 0. The molecule has 8 heavy (non-hydrogen) atoms. The number of rotatable bonds is 1. The Labute approximate surface area is 52.7 Å². The summed E-state index contributed by atoms with van der Waals surface area (Å²) in [6.45, 7) is 4.19. The highest BCUT2D eigenvalue weighted by molar-refractivity contribution is 4.33. The van der Waals surface area contributed by atoms with Crippen LogP contribution in [-0.2, 0) is 0 Å². The maximum atomic E-state index is 4.97. The topological polar surface area (TPSA) is 29.3 Å². The van der Waals surface area contributed by atoms with Crippen LogP contribution in [0.25, 0.3) is 0 Å². The molecular weight excluding hydrogens is 100 g/mol. The van der Waals surface area contributed by atoms with Crippen LogP contribution in [0.2, 0.25) is 0 Å². The first kappa shape index (κ1) is 10.8. The van der Waals surface area contributed by atoms with E-state index in [1.165, 1.54) is 0 Å². The molecule has 0 aliphatic carbocycles. The summed E-state index contributed by atoms with van der Waals surface area (Å²) < 4.78 is 0. The molecule has 2 heteroatoms. The van der Waals surface area contributed by atoms with E-state index in [1.807, 2.05) is 26.0 Å². The van der Waals surface area contributed by atoms with Crippen molar-refractivity contribution < 1.29 is 0 Å². The molecule has 0 heterocycles. The van der Waals surface area contributed by atoms with Crippen LogP contribution in [0.15, 0.2) is 0 Å². The highest BCUT2D eigenvalue weighted by atomic mass is 15.0. The summed E-state index contributed by atoms with van der Waals surface area (Å²) in [5.74, 6) is 0. The molecule has 0 amide bonds. The van der Waals surface area contributed by atoms with Gasteiger partial charge in [-0.1, -0.05) is 6.92 Å². The van der Waals surface area contributed by atoms with Gasteiger partial charge in [0.2, 0.25) is 0 Å². The molecule has 1 radical (unpaired) electrons. The Kier molecular flexibility index (Phi) is 13.6. The van der Waals surface area contributed by atoms with Crippen LogP contribution in [0.1, 0.15) is 6.42 Å². The predicted octanol–water partition coefficient (Wildman–Crippen LogP) is 0.347. The fourth-order valence-corrected chi connectivity index (χ4v) is 0. The van der Waals surface area contributed by atoms with Gasteiger partial charge in [0.1, 0.15) is 0 Å². The Balaban J connectivity index is 0. The Bertz CT molecular complexity index is 23.0. The van der Waals surface area contributed by atoms with Crippen LogP contribution in [0.4, 0.5) is 0 Å². The lowest BCUT2D eigenvalue weighted by Gasteiger charge is -1.90. The predicted molar refractivity (Wildman–Crippen MR) is 38.6 cm³/mol. The normalized spacial score (nSPS) is 8.25. The van der Waals surface area contributed by atoms with Crippen molar-refractivity contribution in [3.63, 3.8) is 0 Å². The zero-order chi connectivity index (χ0) is 6.99. The van der Waals surface area contributed by atoms with Gasteiger partial charge in [-0.2, -0.15) is 0 Å². The fraction of sp³-hybridized carbons (Fsp3) is 0.833. The minimum Gasteiger partial charge on any atom is -0.330 e. The molecule has 0 fully saturated rings. The molecule has 51 valence electrons. The molecule has 0 saturated carbocycles. The Morgan fingerprint density at radius 2 is 1.50 bits per heavy atom. The van der Waals surface area contributed by atoms with Crippen molar-refractivity contribution >= 4 is 0 Å². The largest absolute Gasteiger partial charge is 0.330 e. The van der Waals surface area contributed by atoms with E-state index in [2.05, 4.69) is 6.92 Å². The first-order chi connectivity index (χ1) is 3.65. The zero-order valence-corrected chi connectivity index (χ0v) is 6.15. The third-order valence-corrected chi connectivity index (χ3v) is 0.204. The van der Waals surface area contributed by atoms with E-state index >= 15 is 0 Å². The van der Waals surface area contributed by atoms with Gasteiger partial charge >= 0.3 is 0 Å². The third kappa shape index (κ3) is 169. The van der Waals surface area contributed by atoms with E-state index in [1.54, 1.807) is 0 Å². The zero-order valence-electron chi connectivity index (χ0n) is 6.15. The molecule has 0 aromatic carbocycles. The van der Waals surface area contributed by atoms with E-state index in [4.69, 9.17) is 5.73 Å². The van der Waals surface area contributed by atoms with Crippen molar-refractivity contribution in [1.82, 2.24) is 4.90 Å². The lowest BCUT2D eigenvalue weighted by atomic mass is 10.5. The number of hydrogen-bond acceptors (Lipinski definition) is 2. The maximum absolute atomic E-state index is 4.97. The Morgan fingerprint density at radius 3 is 1.50 bits per heavy atom. The van der Waals surface area contributed by atoms with Crippen molar-refractivity contribution in [3.8, 4) is 0 Å². The van der Waals surface area contributed by atoms with Gasteiger partial charge in [-0.15, -0.1) is 0 Å². The summed E-state index contributed by atoms with van der Waals surface area (Å²) >= 11 is 0. The molecule has 0 aromatic heterocycles. The van der Waals surface area contributed by atoms with Crippen LogP contribution >= 0.6 is 0 Å². The van der Waals surface area contributed by atoms with Gasteiger partial charge in [0.15, 0.2) is 0 Å². The quantitative estimate of drug-likeness (QED) is 0.537. The Morgan fingerprint density at radius 1 is 1.38 bits per heavy atom. The molecule has 0 spiro atoms. The average molecular weight is 117 g/mol. The summed E-state index contributed by atoms with van der Waals surface area (Å²) in [7, 11) is 6.00. The average Bonchev–Trinajstić information content (AvgIpc) is 1.65. The van der Waals surface area contributed by atoms with Gasteiger partial charge in [0, 0.05) is 0 Å². The monoisotopic (exact) mass is 117 g/mol. The van der Waals surface area contributed by atoms with Crippen LogP contribution in [-0.4, -0.2) is 32.6 Å². The molecule has 0 rings (SSSR count). The molecule has 2 nitrogen and oxygen atoms in total. The summed E-state index contributed by atoms with van der Waals surface area (Å²) in [5.41, 5.74) is 4.97. The second-order valence-electron chi connectivity index (χ2n) is 1.98. The van der Waals surface area contributed by atoms with Gasteiger partial charge in [-0.05, 0) is 34.1 Å². The minimum absolute atomic E-state index is 0.708. The van der Waals surface area contributed by atoms with Gasteiger partial charge in [-0.25, -0.2) is 0 Å². The highest BCUT2D eigenvalue weighted by Gasteiger charge is 1.58. The van der Waals surface area contributed by atoms with Gasteiger partial charge in [0.25, 0.3) is 0 Å². The molecule has 0 aliphatic rings. The van der Waals surface area contributed by atoms with E-state index in [9.17, 15) is 0 Å². The summed E-state index contributed by atoms with van der Waals surface area (Å²) in [5, 5.41) is 0. The SMILES string of the molecule is CN(C)C.[CH2]CCN. The molecule has 0 bridgehead atoms. The van der Waals surface area contributed by atoms with Gasteiger partial charge in [-0.3, -0.25) is 0 Å². The van der Waals surface area contributed by atoms with Crippen molar-refractivity contribution in [2.24, 2.45) is 5.73 Å². The van der Waals surface area contributed by atoms with E-state index in [0.29, 0.717) is 6.54 Å². The first-order valence-corrected chi connectivity index (χ1v) is 2.75. The second-order valence-corrected chi connectivity index (χ2v) is 1.98. The molecule has 0 saturated heterocycles. The van der Waals surface area contributed by atoms with Crippen molar-refractivity contribution in [1.29, 1.82) is 0 Å². The minimum atomic E-state index is 0.708. The van der Waals surface area contributed by atoms with E-state index in [0.717, 1.165) is 6.42 Å². The standard InChI is InChI=1S/C3H9N.C3H8N/c1-4(2)3;1-2-3-4/h1-3H3;1-4H2. The summed E-state index contributed by atoms with van der Waals surface area (Å²) in [4.78, 5) is 2.00. The highest BCUT2D eigenvalue weighted by Crippen LogP contribution is 1.55. The third-order valence-electron chi connectivity index (χ3n) is 0.204. The molecule has 0 aromatic rings. The van der Waals surface area contributed by atoms with Crippen molar-refractivity contribution in [3.05, 3.63) is 6.92 Å². The van der Waals surface area contributed by atoms with E-state index in [-0.39, 0.29) is 0 Å². The van der Waals surface area contributed by atoms with Crippen LogP contribution < -0.4 is 5.73 Å². The molecular formula is C6H17N2.